The highest BCUT2D eigenvalue weighted by Gasteiger charge is 2.28. The largest absolute Gasteiger partial charge is 0.343 e. The van der Waals surface area contributed by atoms with Crippen LogP contribution in [0.5, 0.6) is 0 Å². The third-order valence-corrected chi connectivity index (χ3v) is 6.11. The fourth-order valence-electron chi connectivity index (χ4n) is 2.60. The molecule has 136 valence electrons. The number of hydrogen-bond donors (Lipinski definition) is 1. The highest BCUT2D eigenvalue weighted by molar-refractivity contribution is 7.91. The molecule has 0 saturated carbocycles. The van der Waals surface area contributed by atoms with Gasteiger partial charge in [0.05, 0.1) is 18.1 Å². The second-order valence-corrected chi connectivity index (χ2v) is 8.73. The molecule has 0 aromatic heterocycles. The fourth-order valence-corrected chi connectivity index (χ4v) is 4.26. The van der Waals surface area contributed by atoms with Crippen LogP contribution in [-0.2, 0) is 19.4 Å². The Morgan fingerprint density at radius 2 is 2.00 bits per heavy atom. The van der Waals surface area contributed by atoms with Crippen LogP contribution in [0.25, 0.3) is 6.08 Å². The monoisotopic (exact) mass is 384 g/mol. The number of sulfone groups is 1. The molecule has 1 aromatic carbocycles. The number of halogens is 1. The minimum Gasteiger partial charge on any atom is -0.343 e. The van der Waals surface area contributed by atoms with Gasteiger partial charge in [-0.15, -0.1) is 0 Å². The van der Waals surface area contributed by atoms with E-state index < -0.39 is 9.84 Å². The summed E-state index contributed by atoms with van der Waals surface area (Å²) in [4.78, 5) is 25.5. The van der Waals surface area contributed by atoms with Crippen molar-refractivity contribution in [2.24, 2.45) is 0 Å². The van der Waals surface area contributed by atoms with E-state index in [2.05, 4.69) is 5.32 Å². The summed E-state index contributed by atoms with van der Waals surface area (Å²) in [6.45, 7) is -0.127. The Bertz CT molecular complexity index is 763. The predicted octanol–water partition coefficient (Wildman–Crippen LogP) is 1.50. The SMILES string of the molecule is CN(C(=O)CNC(=O)/C=C/c1cccc(Cl)c1)C1CCS(=O)(=O)CC1. The molecule has 0 spiro atoms. The average Bonchev–Trinajstić information content (AvgIpc) is 2.57. The molecule has 0 unspecified atom stereocenters. The summed E-state index contributed by atoms with van der Waals surface area (Å²) in [5.74, 6) is -0.421. The lowest BCUT2D eigenvalue weighted by Gasteiger charge is -2.31. The lowest BCUT2D eigenvalue weighted by atomic mass is 10.1. The molecule has 25 heavy (non-hydrogen) atoms. The van der Waals surface area contributed by atoms with Crippen LogP contribution in [0.15, 0.2) is 30.3 Å². The van der Waals surface area contributed by atoms with Crippen molar-refractivity contribution in [2.45, 2.75) is 18.9 Å². The van der Waals surface area contributed by atoms with E-state index in [-0.39, 0.29) is 35.9 Å². The van der Waals surface area contributed by atoms with E-state index in [0.717, 1.165) is 5.56 Å². The molecular weight excluding hydrogens is 364 g/mol. The number of rotatable bonds is 5. The number of benzene rings is 1. The zero-order valence-corrected chi connectivity index (χ0v) is 15.5. The van der Waals surface area contributed by atoms with Crippen molar-refractivity contribution in [3.63, 3.8) is 0 Å². The molecule has 1 fully saturated rings. The van der Waals surface area contributed by atoms with Gasteiger partial charge < -0.3 is 10.2 Å². The number of hydrogen-bond acceptors (Lipinski definition) is 4. The van der Waals surface area contributed by atoms with Gasteiger partial charge in [0.1, 0.15) is 9.84 Å². The Kier molecular flexibility index (Phi) is 6.61. The molecular formula is C17H21ClN2O4S. The van der Waals surface area contributed by atoms with Gasteiger partial charge in [-0.25, -0.2) is 8.42 Å². The van der Waals surface area contributed by atoms with Crippen molar-refractivity contribution < 1.29 is 18.0 Å². The summed E-state index contributed by atoms with van der Waals surface area (Å²) >= 11 is 5.87. The molecule has 8 heteroatoms. The minimum atomic E-state index is -2.96. The molecule has 2 amide bonds. The molecule has 1 N–H and O–H groups in total. The average molecular weight is 385 g/mol. The first-order valence-electron chi connectivity index (χ1n) is 7.94. The van der Waals surface area contributed by atoms with Crippen molar-refractivity contribution in [1.82, 2.24) is 10.2 Å². The lowest BCUT2D eigenvalue weighted by molar-refractivity contribution is -0.132. The summed E-state index contributed by atoms with van der Waals surface area (Å²) < 4.78 is 22.9. The van der Waals surface area contributed by atoms with Crippen LogP contribution < -0.4 is 5.32 Å². The summed E-state index contributed by atoms with van der Waals surface area (Å²) in [5.41, 5.74) is 0.787. The number of likely N-dealkylation sites (N-methyl/N-ethyl adjacent to an activating group) is 1. The predicted molar refractivity (Wildman–Crippen MR) is 97.9 cm³/mol. The molecule has 1 heterocycles. The molecule has 0 atom stereocenters. The summed E-state index contributed by atoms with van der Waals surface area (Å²) in [7, 11) is -1.33. The third-order valence-electron chi connectivity index (χ3n) is 4.15. The summed E-state index contributed by atoms with van der Waals surface area (Å²) in [6, 6.07) is 6.95. The van der Waals surface area contributed by atoms with Crippen LogP contribution >= 0.6 is 11.6 Å². The smallest absolute Gasteiger partial charge is 0.244 e. The number of nitrogens with one attached hydrogen (secondary N) is 1. The molecule has 0 aliphatic carbocycles. The Labute approximate surface area is 152 Å². The van der Waals surface area contributed by atoms with E-state index in [9.17, 15) is 18.0 Å². The van der Waals surface area contributed by atoms with Gasteiger partial charge in [0.25, 0.3) is 0 Å². The van der Waals surface area contributed by atoms with Crippen LogP contribution in [0.2, 0.25) is 5.02 Å². The van der Waals surface area contributed by atoms with Gasteiger partial charge >= 0.3 is 0 Å². The van der Waals surface area contributed by atoms with Crippen LogP contribution in [0.4, 0.5) is 0 Å². The van der Waals surface area contributed by atoms with E-state index >= 15 is 0 Å². The normalized spacial score (nSPS) is 17.4. The number of nitrogens with zero attached hydrogens (tertiary/aromatic N) is 1. The molecule has 6 nitrogen and oxygen atoms in total. The molecule has 0 bridgehead atoms. The second kappa shape index (κ2) is 8.49. The van der Waals surface area contributed by atoms with E-state index in [0.29, 0.717) is 17.9 Å². The van der Waals surface area contributed by atoms with Crippen LogP contribution in [-0.4, -0.2) is 56.3 Å². The quantitative estimate of drug-likeness (QED) is 0.780. The molecule has 2 rings (SSSR count). The van der Waals surface area contributed by atoms with Gasteiger partial charge in [-0.1, -0.05) is 23.7 Å². The third kappa shape index (κ3) is 6.17. The highest BCUT2D eigenvalue weighted by atomic mass is 35.5. The Balaban J connectivity index is 1.80. The van der Waals surface area contributed by atoms with Gasteiger partial charge in [0.2, 0.25) is 11.8 Å². The van der Waals surface area contributed by atoms with Gasteiger partial charge in [-0.2, -0.15) is 0 Å². The highest BCUT2D eigenvalue weighted by Crippen LogP contribution is 2.17. The minimum absolute atomic E-state index is 0.101. The zero-order chi connectivity index (χ0) is 18.4. The Morgan fingerprint density at radius 3 is 2.64 bits per heavy atom. The van der Waals surface area contributed by atoms with Gasteiger partial charge in [-0.3, -0.25) is 9.59 Å². The van der Waals surface area contributed by atoms with Crippen molar-refractivity contribution in [2.75, 3.05) is 25.1 Å². The maximum atomic E-state index is 12.1. The Hall–Kier alpha value is -1.86. The van der Waals surface area contributed by atoms with Gasteiger partial charge in [0.15, 0.2) is 0 Å². The van der Waals surface area contributed by atoms with E-state index in [1.165, 1.54) is 11.0 Å². The van der Waals surface area contributed by atoms with Gasteiger partial charge in [0, 0.05) is 24.2 Å². The van der Waals surface area contributed by atoms with Crippen LogP contribution in [0.1, 0.15) is 18.4 Å². The van der Waals surface area contributed by atoms with Crippen molar-refractivity contribution in [1.29, 1.82) is 0 Å². The van der Waals surface area contributed by atoms with E-state index in [1.807, 2.05) is 6.07 Å². The van der Waals surface area contributed by atoms with E-state index in [1.54, 1.807) is 31.3 Å². The van der Waals surface area contributed by atoms with Crippen LogP contribution in [0, 0.1) is 0 Å². The fraction of sp³-hybridized carbons (Fsp3) is 0.412. The van der Waals surface area contributed by atoms with Gasteiger partial charge in [-0.05, 0) is 36.6 Å². The summed E-state index contributed by atoms with van der Waals surface area (Å²) in [6.07, 6.45) is 3.83. The topological polar surface area (TPSA) is 83.6 Å². The first-order chi connectivity index (χ1) is 11.8. The van der Waals surface area contributed by atoms with Crippen molar-refractivity contribution in [3.8, 4) is 0 Å². The van der Waals surface area contributed by atoms with Crippen molar-refractivity contribution in [3.05, 3.63) is 40.9 Å². The second-order valence-electron chi connectivity index (χ2n) is 5.99. The molecule has 1 aliphatic heterocycles. The number of carbonyl (C=O) groups excluding carboxylic acids is 2. The first-order valence-corrected chi connectivity index (χ1v) is 10.1. The standard InChI is InChI=1S/C17H21ClN2O4S/c1-20(15-7-9-25(23,24)10-8-15)17(22)12-19-16(21)6-5-13-3-2-4-14(18)11-13/h2-6,11,15H,7-10,12H2,1H3,(H,19,21)/b6-5+. The summed E-state index contributed by atoms with van der Waals surface area (Å²) in [5, 5.41) is 3.11. The maximum Gasteiger partial charge on any atom is 0.244 e. The van der Waals surface area contributed by atoms with Crippen LogP contribution in [0.3, 0.4) is 0 Å². The van der Waals surface area contributed by atoms with E-state index in [4.69, 9.17) is 11.6 Å². The Morgan fingerprint density at radius 1 is 1.32 bits per heavy atom. The first kappa shape index (κ1) is 19.5. The molecule has 1 saturated heterocycles. The molecule has 0 radical (unpaired) electrons. The number of amides is 2. The van der Waals surface area contributed by atoms with Crippen molar-refractivity contribution >= 4 is 39.3 Å². The zero-order valence-electron chi connectivity index (χ0n) is 13.9. The maximum absolute atomic E-state index is 12.1. The lowest BCUT2D eigenvalue weighted by Crippen LogP contribution is -2.46. The number of carbonyl (C=O) groups is 2. The molecule has 1 aromatic rings. The molecule has 1 aliphatic rings.